The van der Waals surface area contributed by atoms with Gasteiger partial charge in [-0.05, 0) is 12.8 Å². The van der Waals surface area contributed by atoms with Crippen molar-refractivity contribution in [3.63, 3.8) is 0 Å². The van der Waals surface area contributed by atoms with Crippen LogP contribution in [-0.4, -0.2) is 23.4 Å². The lowest BCUT2D eigenvalue weighted by atomic mass is 10.2. The minimum atomic E-state index is 0.843. The third-order valence-electron chi connectivity index (χ3n) is 2.54. The number of rotatable bonds is 5. The molecule has 4 heteroatoms. The molecule has 0 radical (unpaired) electrons. The number of nitrogens with two attached hydrogens (primary N) is 1. The molecule has 0 unspecified atom stereocenters. The molecule has 0 atom stereocenters. The van der Waals surface area contributed by atoms with Crippen molar-refractivity contribution in [3.8, 4) is 0 Å². The van der Waals surface area contributed by atoms with Crippen molar-refractivity contribution in [1.82, 2.24) is 9.78 Å². The van der Waals surface area contributed by atoms with Crippen LogP contribution in [0, 0.1) is 0 Å². The Bertz CT molecular complexity index is 317. The Labute approximate surface area is 92.1 Å². The van der Waals surface area contributed by atoms with Gasteiger partial charge in [0.05, 0.1) is 11.4 Å². The Morgan fingerprint density at radius 2 is 2.00 bits per heavy atom. The van der Waals surface area contributed by atoms with Crippen molar-refractivity contribution in [1.29, 1.82) is 0 Å². The van der Waals surface area contributed by atoms with Crippen LogP contribution in [-0.2, 0) is 13.5 Å². The summed E-state index contributed by atoms with van der Waals surface area (Å²) in [5, 5.41) is 4.45. The van der Waals surface area contributed by atoms with E-state index in [9.17, 15) is 0 Å². The van der Waals surface area contributed by atoms with E-state index in [1.807, 2.05) is 11.7 Å². The van der Waals surface area contributed by atoms with Crippen molar-refractivity contribution in [3.05, 3.63) is 5.69 Å². The van der Waals surface area contributed by atoms with Gasteiger partial charge < -0.3 is 10.6 Å². The molecule has 1 aromatic heterocycles. The zero-order chi connectivity index (χ0) is 11.4. The number of aromatic nitrogens is 2. The molecule has 0 bridgehead atoms. The molecule has 1 aromatic rings. The van der Waals surface area contributed by atoms with E-state index in [0.717, 1.165) is 43.0 Å². The molecule has 2 N–H and O–H groups in total. The van der Waals surface area contributed by atoms with E-state index in [-0.39, 0.29) is 0 Å². The first-order valence-corrected chi connectivity index (χ1v) is 5.64. The molecule has 1 rings (SSSR count). The van der Waals surface area contributed by atoms with E-state index in [2.05, 4.69) is 30.9 Å². The highest BCUT2D eigenvalue weighted by molar-refractivity contribution is 5.66. The fourth-order valence-corrected chi connectivity index (χ4v) is 1.90. The third kappa shape index (κ3) is 2.43. The van der Waals surface area contributed by atoms with Gasteiger partial charge in [0.2, 0.25) is 0 Å². The van der Waals surface area contributed by atoms with Crippen molar-refractivity contribution in [2.75, 3.05) is 24.2 Å². The van der Waals surface area contributed by atoms with Crippen LogP contribution in [0.15, 0.2) is 0 Å². The highest BCUT2D eigenvalue weighted by Gasteiger charge is 2.15. The van der Waals surface area contributed by atoms with E-state index in [1.54, 1.807) is 0 Å². The zero-order valence-corrected chi connectivity index (χ0v) is 10.2. The molecule has 1 heterocycles. The quantitative estimate of drug-likeness (QED) is 0.806. The summed E-state index contributed by atoms with van der Waals surface area (Å²) in [5.41, 5.74) is 7.97. The van der Waals surface area contributed by atoms with Gasteiger partial charge in [0.15, 0.2) is 0 Å². The fraction of sp³-hybridized carbons (Fsp3) is 0.727. The molecule has 0 aliphatic rings. The third-order valence-corrected chi connectivity index (χ3v) is 2.54. The molecule has 0 fully saturated rings. The van der Waals surface area contributed by atoms with Crippen LogP contribution in [0.3, 0.4) is 0 Å². The molecule has 0 saturated carbocycles. The van der Waals surface area contributed by atoms with Gasteiger partial charge in [-0.25, -0.2) is 0 Å². The minimum Gasteiger partial charge on any atom is -0.394 e. The van der Waals surface area contributed by atoms with Crippen LogP contribution < -0.4 is 10.6 Å². The minimum absolute atomic E-state index is 0.843. The van der Waals surface area contributed by atoms with Crippen LogP contribution in [0.2, 0.25) is 0 Å². The number of aryl methyl sites for hydroxylation is 2. The second-order valence-corrected chi connectivity index (χ2v) is 3.98. The summed E-state index contributed by atoms with van der Waals surface area (Å²) < 4.78 is 1.88. The van der Waals surface area contributed by atoms with E-state index < -0.39 is 0 Å². The SMILES string of the molecule is CCCc1nn(C)c(N(C)CCC)c1N. The summed E-state index contributed by atoms with van der Waals surface area (Å²) in [6.07, 6.45) is 3.15. The van der Waals surface area contributed by atoms with Gasteiger partial charge in [0.25, 0.3) is 0 Å². The van der Waals surface area contributed by atoms with Gasteiger partial charge in [-0.3, -0.25) is 4.68 Å². The van der Waals surface area contributed by atoms with Gasteiger partial charge in [-0.1, -0.05) is 20.3 Å². The van der Waals surface area contributed by atoms with Crippen LogP contribution in [0.4, 0.5) is 11.5 Å². The first-order valence-electron chi connectivity index (χ1n) is 5.64. The van der Waals surface area contributed by atoms with Crippen LogP contribution in [0.25, 0.3) is 0 Å². The Kier molecular flexibility index (Phi) is 4.00. The molecule has 0 aliphatic heterocycles. The number of nitrogens with zero attached hydrogens (tertiary/aromatic N) is 3. The largest absolute Gasteiger partial charge is 0.394 e. The molecular formula is C11H22N4. The summed E-state index contributed by atoms with van der Waals surface area (Å²) in [5.74, 6) is 1.04. The zero-order valence-electron chi connectivity index (χ0n) is 10.2. The van der Waals surface area contributed by atoms with E-state index >= 15 is 0 Å². The van der Waals surface area contributed by atoms with Crippen molar-refractivity contribution in [2.45, 2.75) is 33.1 Å². The lowest BCUT2D eigenvalue weighted by Gasteiger charge is -2.18. The number of hydrogen-bond acceptors (Lipinski definition) is 3. The molecule has 0 aromatic carbocycles. The Balaban J connectivity index is 2.96. The highest BCUT2D eigenvalue weighted by atomic mass is 15.4. The van der Waals surface area contributed by atoms with Crippen LogP contribution in [0.5, 0.6) is 0 Å². The maximum Gasteiger partial charge on any atom is 0.150 e. The van der Waals surface area contributed by atoms with E-state index in [1.165, 1.54) is 0 Å². The fourth-order valence-electron chi connectivity index (χ4n) is 1.90. The topological polar surface area (TPSA) is 47.1 Å². The number of nitrogen functional groups attached to an aromatic ring is 1. The lowest BCUT2D eigenvalue weighted by molar-refractivity contribution is 0.708. The summed E-state index contributed by atoms with van der Waals surface area (Å²) in [6.45, 7) is 5.31. The van der Waals surface area contributed by atoms with Crippen molar-refractivity contribution >= 4 is 11.5 Å². The summed E-state index contributed by atoms with van der Waals surface area (Å²) in [4.78, 5) is 2.17. The average Bonchev–Trinajstić information content (AvgIpc) is 2.43. The summed E-state index contributed by atoms with van der Waals surface area (Å²) in [7, 11) is 4.02. The number of hydrogen-bond donors (Lipinski definition) is 1. The molecule has 15 heavy (non-hydrogen) atoms. The summed E-state index contributed by atoms with van der Waals surface area (Å²) in [6, 6.07) is 0. The van der Waals surface area contributed by atoms with Crippen LogP contribution >= 0.6 is 0 Å². The van der Waals surface area contributed by atoms with Crippen molar-refractivity contribution < 1.29 is 0 Å². The molecule has 0 aliphatic carbocycles. The molecule has 86 valence electrons. The maximum absolute atomic E-state index is 6.10. The van der Waals surface area contributed by atoms with Gasteiger partial charge >= 0.3 is 0 Å². The molecule has 0 amide bonds. The molecular weight excluding hydrogens is 188 g/mol. The maximum atomic E-state index is 6.10. The first kappa shape index (κ1) is 11.9. The smallest absolute Gasteiger partial charge is 0.150 e. The molecule has 0 spiro atoms. The van der Waals surface area contributed by atoms with Crippen LogP contribution in [0.1, 0.15) is 32.4 Å². The second-order valence-electron chi connectivity index (χ2n) is 3.98. The van der Waals surface area contributed by atoms with Gasteiger partial charge in [-0.15, -0.1) is 0 Å². The average molecular weight is 210 g/mol. The standard InChI is InChI=1S/C11H22N4/c1-5-7-9-10(12)11(15(4)13-9)14(3)8-6-2/h5-8,12H2,1-4H3. The predicted octanol–water partition coefficient (Wildman–Crippen LogP) is 1.80. The first-order chi connectivity index (χ1) is 7.11. The summed E-state index contributed by atoms with van der Waals surface area (Å²) >= 11 is 0. The molecule has 0 saturated heterocycles. The Morgan fingerprint density at radius 3 is 2.53 bits per heavy atom. The highest BCUT2D eigenvalue weighted by Crippen LogP contribution is 2.25. The van der Waals surface area contributed by atoms with E-state index in [0.29, 0.717) is 0 Å². The second kappa shape index (κ2) is 5.05. The predicted molar refractivity (Wildman–Crippen MR) is 65.2 cm³/mol. The molecule has 4 nitrogen and oxygen atoms in total. The van der Waals surface area contributed by atoms with Gasteiger partial charge in [0, 0.05) is 20.6 Å². The Hall–Kier alpha value is -1.19. The van der Waals surface area contributed by atoms with Crippen molar-refractivity contribution in [2.24, 2.45) is 7.05 Å². The lowest BCUT2D eigenvalue weighted by Crippen LogP contribution is -2.21. The number of anilines is 2. The van der Waals surface area contributed by atoms with E-state index in [4.69, 9.17) is 5.73 Å². The van der Waals surface area contributed by atoms with Gasteiger partial charge in [0.1, 0.15) is 5.82 Å². The van der Waals surface area contributed by atoms with Gasteiger partial charge in [-0.2, -0.15) is 5.10 Å². The Morgan fingerprint density at radius 1 is 1.33 bits per heavy atom. The monoisotopic (exact) mass is 210 g/mol. The normalized spacial score (nSPS) is 10.7.